The van der Waals surface area contributed by atoms with E-state index < -0.39 is 0 Å². The van der Waals surface area contributed by atoms with Crippen LogP contribution in [-0.2, 0) is 10.5 Å². The maximum atomic E-state index is 13.5. The van der Waals surface area contributed by atoms with Gasteiger partial charge in [-0.1, -0.05) is 31.0 Å². The summed E-state index contributed by atoms with van der Waals surface area (Å²) in [4.78, 5) is 11.6. The molecule has 1 atom stereocenters. The zero-order chi connectivity index (χ0) is 14.3. The Bertz CT molecular complexity index is 428. The fourth-order valence-corrected chi connectivity index (χ4v) is 2.70. The van der Waals surface area contributed by atoms with Crippen molar-refractivity contribution in [3.8, 4) is 0 Å². The van der Waals surface area contributed by atoms with Crippen molar-refractivity contribution in [2.45, 2.75) is 38.5 Å². The molecule has 1 aromatic carbocycles. The van der Waals surface area contributed by atoms with Gasteiger partial charge in [-0.25, -0.2) is 4.39 Å². The van der Waals surface area contributed by atoms with Gasteiger partial charge in [0, 0.05) is 16.8 Å². The highest BCUT2D eigenvalue weighted by atomic mass is 35.5. The van der Waals surface area contributed by atoms with Gasteiger partial charge < -0.3 is 5.32 Å². The van der Waals surface area contributed by atoms with E-state index >= 15 is 0 Å². The molecule has 0 heterocycles. The van der Waals surface area contributed by atoms with E-state index in [1.54, 1.807) is 12.1 Å². The van der Waals surface area contributed by atoms with Crippen LogP contribution >= 0.6 is 23.4 Å². The van der Waals surface area contributed by atoms with Crippen LogP contribution in [0.3, 0.4) is 0 Å². The summed E-state index contributed by atoms with van der Waals surface area (Å²) in [5.74, 6) is 0.495. The lowest BCUT2D eigenvalue weighted by molar-refractivity contribution is -0.119. The Kier molecular flexibility index (Phi) is 7.24. The molecule has 0 aliphatic heterocycles. The van der Waals surface area contributed by atoms with Gasteiger partial charge in [-0.2, -0.15) is 0 Å². The van der Waals surface area contributed by atoms with Crippen molar-refractivity contribution < 1.29 is 9.18 Å². The number of rotatable bonds is 7. The molecule has 2 nitrogen and oxygen atoms in total. The first-order chi connectivity index (χ1) is 9.02. The average molecular weight is 304 g/mol. The first-order valence-corrected chi connectivity index (χ1v) is 7.87. The number of benzene rings is 1. The zero-order valence-electron chi connectivity index (χ0n) is 11.2. The number of carbonyl (C=O) groups excluding carboxylic acids is 1. The molecule has 19 heavy (non-hydrogen) atoms. The van der Waals surface area contributed by atoms with Crippen molar-refractivity contribution >= 4 is 29.3 Å². The lowest BCUT2D eigenvalue weighted by Crippen LogP contribution is -2.33. The van der Waals surface area contributed by atoms with Gasteiger partial charge in [-0.15, -0.1) is 11.8 Å². The largest absolute Gasteiger partial charge is 0.353 e. The monoisotopic (exact) mass is 303 g/mol. The number of amides is 1. The summed E-state index contributed by atoms with van der Waals surface area (Å²) in [6.45, 7) is 4.08. The summed E-state index contributed by atoms with van der Waals surface area (Å²) in [6, 6.07) is 4.80. The first-order valence-electron chi connectivity index (χ1n) is 6.34. The van der Waals surface area contributed by atoms with Crippen molar-refractivity contribution in [2.75, 3.05) is 5.75 Å². The van der Waals surface area contributed by atoms with Crippen LogP contribution in [0.4, 0.5) is 4.39 Å². The van der Waals surface area contributed by atoms with Gasteiger partial charge >= 0.3 is 0 Å². The second-order valence-corrected chi connectivity index (χ2v) is 5.91. The Hall–Kier alpha value is -0.740. The number of thioether (sulfide) groups is 1. The summed E-state index contributed by atoms with van der Waals surface area (Å²) in [6.07, 6.45) is 2.02. The van der Waals surface area contributed by atoms with Gasteiger partial charge in [0.05, 0.1) is 5.75 Å². The van der Waals surface area contributed by atoms with Crippen LogP contribution in [0, 0.1) is 5.82 Å². The van der Waals surface area contributed by atoms with Gasteiger partial charge in [0.1, 0.15) is 5.82 Å². The van der Waals surface area contributed by atoms with E-state index in [0.717, 1.165) is 12.8 Å². The van der Waals surface area contributed by atoms with Gasteiger partial charge in [0.15, 0.2) is 0 Å². The fraction of sp³-hybridized carbons (Fsp3) is 0.500. The summed E-state index contributed by atoms with van der Waals surface area (Å²) in [5, 5.41) is 3.30. The molecule has 0 aromatic heterocycles. The second-order valence-electron chi connectivity index (χ2n) is 4.49. The van der Waals surface area contributed by atoms with Crippen molar-refractivity contribution in [3.63, 3.8) is 0 Å². The van der Waals surface area contributed by atoms with Crippen molar-refractivity contribution in [3.05, 3.63) is 34.6 Å². The van der Waals surface area contributed by atoms with E-state index in [1.165, 1.54) is 17.8 Å². The molecule has 0 saturated carbocycles. The lowest BCUT2D eigenvalue weighted by Gasteiger charge is -2.12. The summed E-state index contributed by atoms with van der Waals surface area (Å²) in [7, 11) is 0. The lowest BCUT2D eigenvalue weighted by atomic mass is 10.2. The van der Waals surface area contributed by atoms with E-state index in [0.29, 0.717) is 22.1 Å². The number of hydrogen-bond acceptors (Lipinski definition) is 2. The SMILES string of the molecule is CCC[C@H](C)NC(=O)CSCc1ccc(Cl)cc1F. The number of nitrogens with one attached hydrogen (secondary N) is 1. The molecule has 0 fully saturated rings. The molecule has 1 rings (SSSR count). The minimum atomic E-state index is -0.320. The third-order valence-corrected chi connectivity index (χ3v) is 3.85. The Morgan fingerprint density at radius 1 is 1.53 bits per heavy atom. The van der Waals surface area contributed by atoms with Gasteiger partial charge in [0.25, 0.3) is 0 Å². The van der Waals surface area contributed by atoms with Crippen LogP contribution in [0.15, 0.2) is 18.2 Å². The first kappa shape index (κ1) is 16.3. The molecule has 0 radical (unpaired) electrons. The van der Waals surface area contributed by atoms with Gasteiger partial charge in [-0.3, -0.25) is 4.79 Å². The fourth-order valence-electron chi connectivity index (χ4n) is 1.71. The maximum absolute atomic E-state index is 13.5. The topological polar surface area (TPSA) is 29.1 Å². The molecule has 0 bridgehead atoms. The molecular weight excluding hydrogens is 285 g/mol. The molecule has 1 aromatic rings. The molecule has 1 N–H and O–H groups in total. The summed E-state index contributed by atoms with van der Waals surface area (Å²) >= 11 is 7.08. The molecule has 0 unspecified atom stereocenters. The predicted octanol–water partition coefficient (Wildman–Crippen LogP) is 4.02. The maximum Gasteiger partial charge on any atom is 0.230 e. The second kappa shape index (κ2) is 8.43. The third kappa shape index (κ3) is 6.30. The zero-order valence-corrected chi connectivity index (χ0v) is 12.8. The minimum Gasteiger partial charge on any atom is -0.353 e. The highest BCUT2D eigenvalue weighted by Gasteiger charge is 2.08. The molecule has 0 spiro atoms. The van der Waals surface area contributed by atoms with E-state index in [2.05, 4.69) is 12.2 Å². The Balaban J connectivity index is 2.31. The standard InChI is InChI=1S/C14H19ClFNOS/c1-3-4-10(2)17-14(18)9-19-8-11-5-6-12(15)7-13(11)16/h5-7,10H,3-4,8-9H2,1-2H3,(H,17,18)/t10-/m0/s1. The summed E-state index contributed by atoms with van der Waals surface area (Å²) in [5.41, 5.74) is 0.573. The third-order valence-electron chi connectivity index (χ3n) is 2.63. The number of halogens is 2. The molecule has 0 aliphatic rings. The average Bonchev–Trinajstić information content (AvgIpc) is 2.32. The number of hydrogen-bond donors (Lipinski definition) is 1. The number of carbonyl (C=O) groups is 1. The molecule has 1 amide bonds. The van der Waals surface area contributed by atoms with Crippen LogP contribution in [0.25, 0.3) is 0 Å². The van der Waals surface area contributed by atoms with E-state index in [9.17, 15) is 9.18 Å². The van der Waals surface area contributed by atoms with E-state index in [1.807, 2.05) is 6.92 Å². The highest BCUT2D eigenvalue weighted by molar-refractivity contribution is 7.99. The molecule has 0 aliphatic carbocycles. The quantitative estimate of drug-likeness (QED) is 0.824. The Morgan fingerprint density at radius 2 is 2.26 bits per heavy atom. The van der Waals surface area contributed by atoms with Crippen LogP contribution in [0.5, 0.6) is 0 Å². The molecule has 0 saturated heterocycles. The van der Waals surface area contributed by atoms with Crippen LogP contribution in [0.2, 0.25) is 5.02 Å². The van der Waals surface area contributed by atoms with Crippen molar-refractivity contribution in [2.24, 2.45) is 0 Å². The molecule has 5 heteroatoms. The van der Waals surface area contributed by atoms with Crippen LogP contribution in [-0.4, -0.2) is 17.7 Å². The predicted molar refractivity (Wildman–Crippen MR) is 80.1 cm³/mol. The molecular formula is C14H19ClFNOS. The molecule has 106 valence electrons. The Labute approximate surface area is 123 Å². The van der Waals surface area contributed by atoms with E-state index in [4.69, 9.17) is 11.6 Å². The normalized spacial score (nSPS) is 12.2. The van der Waals surface area contributed by atoms with Crippen molar-refractivity contribution in [1.29, 1.82) is 0 Å². The summed E-state index contributed by atoms with van der Waals surface area (Å²) < 4.78 is 13.5. The van der Waals surface area contributed by atoms with Gasteiger partial charge in [-0.05, 0) is 31.0 Å². The smallest absolute Gasteiger partial charge is 0.230 e. The van der Waals surface area contributed by atoms with Crippen molar-refractivity contribution in [1.82, 2.24) is 5.32 Å². The Morgan fingerprint density at radius 3 is 2.89 bits per heavy atom. The highest BCUT2D eigenvalue weighted by Crippen LogP contribution is 2.19. The van der Waals surface area contributed by atoms with Gasteiger partial charge in [0.2, 0.25) is 5.91 Å². The van der Waals surface area contributed by atoms with Crippen LogP contribution < -0.4 is 5.32 Å². The van der Waals surface area contributed by atoms with Crippen LogP contribution in [0.1, 0.15) is 32.3 Å². The van der Waals surface area contributed by atoms with E-state index in [-0.39, 0.29) is 17.8 Å². The minimum absolute atomic E-state index is 0.000298.